The highest BCUT2D eigenvalue weighted by atomic mass is 16.5. The molecule has 0 aliphatic rings. The van der Waals surface area contributed by atoms with Crippen molar-refractivity contribution in [3.8, 4) is 0 Å². The number of carboxylic acids is 1. The summed E-state index contributed by atoms with van der Waals surface area (Å²) in [4.78, 5) is 22.8. The van der Waals surface area contributed by atoms with Crippen molar-refractivity contribution < 1.29 is 19.4 Å². The normalized spacial score (nSPS) is 11.7. The van der Waals surface area contributed by atoms with Gasteiger partial charge in [0.2, 0.25) is 0 Å². The quantitative estimate of drug-likeness (QED) is 0.648. The van der Waals surface area contributed by atoms with Gasteiger partial charge < -0.3 is 15.2 Å². The zero-order valence-corrected chi connectivity index (χ0v) is 13.1. The third-order valence-electron chi connectivity index (χ3n) is 3.46. The topological polar surface area (TPSA) is 75.6 Å². The van der Waals surface area contributed by atoms with Crippen LogP contribution in [0.1, 0.15) is 44.6 Å². The summed E-state index contributed by atoms with van der Waals surface area (Å²) in [7, 11) is 0. The lowest BCUT2D eigenvalue weighted by atomic mass is 10.0. The van der Waals surface area contributed by atoms with Crippen LogP contribution in [0.2, 0.25) is 0 Å². The van der Waals surface area contributed by atoms with Gasteiger partial charge in [-0.3, -0.25) is 4.79 Å². The minimum Gasteiger partial charge on any atom is -0.481 e. The van der Waals surface area contributed by atoms with Crippen LogP contribution in [0, 0.1) is 5.92 Å². The lowest BCUT2D eigenvalue weighted by Gasteiger charge is -2.13. The number of hydrogen-bond donors (Lipinski definition) is 2. The number of hydrogen-bond acceptors (Lipinski definition) is 3. The van der Waals surface area contributed by atoms with Crippen molar-refractivity contribution in [2.75, 3.05) is 6.54 Å². The van der Waals surface area contributed by atoms with E-state index in [4.69, 9.17) is 9.84 Å². The van der Waals surface area contributed by atoms with Gasteiger partial charge in [-0.15, -0.1) is 0 Å². The zero-order chi connectivity index (χ0) is 16.2. The average molecular weight is 307 g/mol. The molecule has 0 aromatic heterocycles. The summed E-state index contributed by atoms with van der Waals surface area (Å²) in [6.07, 6.45) is 4.11. The first-order valence-electron chi connectivity index (χ1n) is 7.80. The molecule has 0 heterocycles. The molecule has 0 saturated carbocycles. The Morgan fingerprint density at radius 1 is 1.18 bits per heavy atom. The number of alkyl carbamates (subject to hydrolysis) is 1. The standard InChI is InChI=1S/C17H25NO4/c1-2-3-4-8-11-15(16(19)20)12-18-17(21)22-13-14-9-6-5-7-10-14/h5-7,9-10,15H,2-4,8,11-13H2,1H3,(H,18,21)(H,19,20). The Kier molecular flexibility index (Phi) is 8.72. The van der Waals surface area contributed by atoms with Crippen LogP contribution in [0.5, 0.6) is 0 Å². The first-order chi connectivity index (χ1) is 10.6. The van der Waals surface area contributed by atoms with Crippen LogP contribution in [-0.4, -0.2) is 23.7 Å². The van der Waals surface area contributed by atoms with Gasteiger partial charge >= 0.3 is 12.1 Å². The number of carbonyl (C=O) groups is 2. The first-order valence-corrected chi connectivity index (χ1v) is 7.80. The van der Waals surface area contributed by atoms with Crippen LogP contribution in [0.15, 0.2) is 30.3 Å². The van der Waals surface area contributed by atoms with E-state index in [-0.39, 0.29) is 13.2 Å². The van der Waals surface area contributed by atoms with E-state index in [2.05, 4.69) is 12.2 Å². The molecule has 0 fully saturated rings. The van der Waals surface area contributed by atoms with Crippen molar-refractivity contribution in [1.29, 1.82) is 0 Å². The van der Waals surface area contributed by atoms with E-state index < -0.39 is 18.0 Å². The molecular formula is C17H25NO4. The van der Waals surface area contributed by atoms with Crippen molar-refractivity contribution in [3.05, 3.63) is 35.9 Å². The fourth-order valence-electron chi connectivity index (χ4n) is 2.11. The van der Waals surface area contributed by atoms with Gasteiger partial charge in [-0.25, -0.2) is 4.79 Å². The average Bonchev–Trinajstić information content (AvgIpc) is 2.52. The number of benzene rings is 1. The molecular weight excluding hydrogens is 282 g/mol. The van der Waals surface area contributed by atoms with E-state index in [0.29, 0.717) is 6.42 Å². The van der Waals surface area contributed by atoms with E-state index in [9.17, 15) is 9.59 Å². The lowest BCUT2D eigenvalue weighted by Crippen LogP contribution is -2.33. The van der Waals surface area contributed by atoms with Gasteiger partial charge in [0.05, 0.1) is 5.92 Å². The maximum Gasteiger partial charge on any atom is 0.407 e. The number of aliphatic carboxylic acids is 1. The predicted octanol–water partition coefficient (Wildman–Crippen LogP) is 3.58. The van der Waals surface area contributed by atoms with Crippen molar-refractivity contribution in [2.24, 2.45) is 5.92 Å². The second-order valence-corrected chi connectivity index (χ2v) is 5.33. The third kappa shape index (κ3) is 7.67. The molecule has 1 unspecified atom stereocenters. The van der Waals surface area contributed by atoms with Gasteiger partial charge in [-0.2, -0.15) is 0 Å². The van der Waals surface area contributed by atoms with Gasteiger partial charge in [-0.05, 0) is 12.0 Å². The number of nitrogens with one attached hydrogen (secondary N) is 1. The van der Waals surface area contributed by atoms with Gasteiger partial charge in [0.25, 0.3) is 0 Å². The highest BCUT2D eigenvalue weighted by molar-refractivity contribution is 5.72. The summed E-state index contributed by atoms with van der Waals surface area (Å²) in [5, 5.41) is 11.7. The second-order valence-electron chi connectivity index (χ2n) is 5.33. The highest BCUT2D eigenvalue weighted by Gasteiger charge is 2.18. The summed E-state index contributed by atoms with van der Waals surface area (Å²) < 4.78 is 5.06. The van der Waals surface area contributed by atoms with Crippen LogP contribution in [0.3, 0.4) is 0 Å². The Morgan fingerprint density at radius 2 is 1.91 bits per heavy atom. The third-order valence-corrected chi connectivity index (χ3v) is 3.46. The minimum atomic E-state index is -0.875. The molecule has 1 atom stereocenters. The van der Waals surface area contributed by atoms with Crippen LogP contribution in [-0.2, 0) is 16.1 Å². The number of carbonyl (C=O) groups excluding carboxylic acids is 1. The predicted molar refractivity (Wildman–Crippen MR) is 84.5 cm³/mol. The monoisotopic (exact) mass is 307 g/mol. The van der Waals surface area contributed by atoms with E-state index in [1.165, 1.54) is 0 Å². The molecule has 1 aromatic rings. The molecule has 0 aliphatic heterocycles. The number of rotatable bonds is 10. The highest BCUT2D eigenvalue weighted by Crippen LogP contribution is 2.11. The first kappa shape index (κ1) is 18.0. The SMILES string of the molecule is CCCCCCC(CNC(=O)OCc1ccccc1)C(=O)O. The van der Waals surface area contributed by atoms with E-state index in [0.717, 1.165) is 31.2 Å². The smallest absolute Gasteiger partial charge is 0.407 e. The number of ether oxygens (including phenoxy) is 1. The fourth-order valence-corrected chi connectivity index (χ4v) is 2.11. The Morgan fingerprint density at radius 3 is 2.55 bits per heavy atom. The second kappa shape index (κ2) is 10.7. The van der Waals surface area contributed by atoms with Crippen LogP contribution in [0.25, 0.3) is 0 Å². The van der Waals surface area contributed by atoms with E-state index >= 15 is 0 Å². The zero-order valence-electron chi connectivity index (χ0n) is 13.1. The van der Waals surface area contributed by atoms with E-state index in [1.807, 2.05) is 30.3 Å². The lowest BCUT2D eigenvalue weighted by molar-refractivity contribution is -0.141. The number of carboxylic acid groups (broad SMARTS) is 1. The molecule has 2 N–H and O–H groups in total. The summed E-state index contributed by atoms with van der Waals surface area (Å²) in [6, 6.07) is 9.35. The largest absolute Gasteiger partial charge is 0.481 e. The Balaban J connectivity index is 2.25. The summed E-state index contributed by atoms with van der Waals surface area (Å²) >= 11 is 0. The van der Waals surface area contributed by atoms with Crippen molar-refractivity contribution >= 4 is 12.1 Å². The van der Waals surface area contributed by atoms with Gasteiger partial charge in [0.1, 0.15) is 6.61 Å². The Hall–Kier alpha value is -2.04. The maximum atomic E-state index is 11.6. The van der Waals surface area contributed by atoms with Gasteiger partial charge in [0, 0.05) is 6.54 Å². The number of unbranched alkanes of at least 4 members (excludes halogenated alkanes) is 3. The molecule has 5 nitrogen and oxygen atoms in total. The molecule has 1 aromatic carbocycles. The van der Waals surface area contributed by atoms with Crippen molar-refractivity contribution in [2.45, 2.75) is 45.6 Å². The fraction of sp³-hybridized carbons (Fsp3) is 0.529. The molecule has 1 amide bonds. The molecule has 0 aliphatic carbocycles. The van der Waals surface area contributed by atoms with Gasteiger partial charge in [-0.1, -0.05) is 62.9 Å². The summed E-state index contributed by atoms with van der Waals surface area (Å²) in [5.41, 5.74) is 0.895. The van der Waals surface area contributed by atoms with Gasteiger partial charge in [0.15, 0.2) is 0 Å². The maximum absolute atomic E-state index is 11.6. The Labute approximate surface area is 131 Å². The molecule has 0 spiro atoms. The van der Waals surface area contributed by atoms with Crippen molar-refractivity contribution in [3.63, 3.8) is 0 Å². The Bertz CT molecular complexity index is 447. The molecule has 1 rings (SSSR count). The molecule has 22 heavy (non-hydrogen) atoms. The molecule has 0 saturated heterocycles. The molecule has 0 radical (unpaired) electrons. The minimum absolute atomic E-state index is 0.106. The molecule has 5 heteroatoms. The van der Waals surface area contributed by atoms with Crippen LogP contribution in [0.4, 0.5) is 4.79 Å². The molecule has 0 bridgehead atoms. The summed E-state index contributed by atoms with van der Waals surface area (Å²) in [6.45, 7) is 2.40. The van der Waals surface area contributed by atoms with Crippen LogP contribution >= 0.6 is 0 Å². The van der Waals surface area contributed by atoms with E-state index in [1.54, 1.807) is 0 Å². The van der Waals surface area contributed by atoms with Crippen molar-refractivity contribution in [1.82, 2.24) is 5.32 Å². The molecule has 122 valence electrons. The van der Waals surface area contributed by atoms with Crippen LogP contribution < -0.4 is 5.32 Å². The number of amides is 1. The summed E-state index contributed by atoms with van der Waals surface area (Å²) in [5.74, 6) is -1.43.